The number of hydrogen-bond donors (Lipinski definition) is 1. The summed E-state index contributed by atoms with van der Waals surface area (Å²) in [5.74, 6) is 0. The molecule has 1 heterocycles. The van der Waals surface area contributed by atoms with E-state index in [9.17, 15) is 0 Å². The van der Waals surface area contributed by atoms with Crippen LogP contribution in [0.1, 0.15) is 39.0 Å². The standard InChI is InChI=1S/C12H23NO/c1-3-11(2)10-13-8-7-12-6-4-5-9-14-12/h12-13H,2-10H2,1H3. The van der Waals surface area contributed by atoms with Gasteiger partial charge in [-0.3, -0.25) is 0 Å². The van der Waals surface area contributed by atoms with Crippen LogP contribution in [-0.2, 0) is 4.74 Å². The summed E-state index contributed by atoms with van der Waals surface area (Å²) in [4.78, 5) is 0. The summed E-state index contributed by atoms with van der Waals surface area (Å²) < 4.78 is 5.65. The Labute approximate surface area is 87.7 Å². The maximum atomic E-state index is 5.65. The van der Waals surface area contributed by atoms with E-state index >= 15 is 0 Å². The molecule has 2 nitrogen and oxygen atoms in total. The van der Waals surface area contributed by atoms with Gasteiger partial charge in [0.2, 0.25) is 0 Å². The first-order chi connectivity index (χ1) is 6.83. The van der Waals surface area contributed by atoms with E-state index < -0.39 is 0 Å². The molecular formula is C12H23NO. The van der Waals surface area contributed by atoms with Crippen molar-refractivity contribution in [1.82, 2.24) is 5.32 Å². The zero-order chi connectivity index (χ0) is 10.2. The fourth-order valence-corrected chi connectivity index (χ4v) is 1.69. The minimum atomic E-state index is 0.506. The van der Waals surface area contributed by atoms with Gasteiger partial charge in [0.05, 0.1) is 6.10 Å². The number of ether oxygens (including phenoxy) is 1. The van der Waals surface area contributed by atoms with Gasteiger partial charge in [-0.1, -0.05) is 19.1 Å². The smallest absolute Gasteiger partial charge is 0.0587 e. The third kappa shape index (κ3) is 4.77. The molecule has 0 spiro atoms. The Balaban J connectivity index is 1.94. The molecule has 14 heavy (non-hydrogen) atoms. The maximum Gasteiger partial charge on any atom is 0.0587 e. The van der Waals surface area contributed by atoms with Crippen molar-refractivity contribution >= 4 is 0 Å². The lowest BCUT2D eigenvalue weighted by molar-refractivity contribution is 0.0117. The quantitative estimate of drug-likeness (QED) is 0.522. The Morgan fingerprint density at radius 2 is 2.36 bits per heavy atom. The van der Waals surface area contributed by atoms with Crippen molar-refractivity contribution in [3.8, 4) is 0 Å². The van der Waals surface area contributed by atoms with Gasteiger partial charge in [-0.2, -0.15) is 0 Å². The topological polar surface area (TPSA) is 21.3 Å². The lowest BCUT2D eigenvalue weighted by Gasteiger charge is -2.22. The molecule has 1 aliphatic rings. The zero-order valence-corrected chi connectivity index (χ0v) is 9.35. The molecule has 2 heteroatoms. The minimum absolute atomic E-state index is 0.506. The van der Waals surface area contributed by atoms with Gasteiger partial charge in [0.1, 0.15) is 0 Å². The van der Waals surface area contributed by atoms with E-state index in [-0.39, 0.29) is 0 Å². The molecule has 1 atom stereocenters. The first kappa shape index (κ1) is 11.7. The van der Waals surface area contributed by atoms with Gasteiger partial charge in [0, 0.05) is 13.2 Å². The Morgan fingerprint density at radius 1 is 1.50 bits per heavy atom. The molecule has 1 fully saturated rings. The molecule has 0 aliphatic carbocycles. The highest BCUT2D eigenvalue weighted by Gasteiger charge is 2.12. The van der Waals surface area contributed by atoms with Crippen molar-refractivity contribution in [1.29, 1.82) is 0 Å². The molecule has 1 saturated heterocycles. The Bertz CT molecular complexity index is 162. The van der Waals surface area contributed by atoms with Gasteiger partial charge < -0.3 is 10.1 Å². The van der Waals surface area contributed by atoms with E-state index in [0.29, 0.717) is 6.10 Å². The molecule has 0 aromatic heterocycles. The Morgan fingerprint density at radius 3 is 3.00 bits per heavy atom. The van der Waals surface area contributed by atoms with Crippen molar-refractivity contribution < 1.29 is 4.74 Å². The van der Waals surface area contributed by atoms with Gasteiger partial charge in [-0.15, -0.1) is 0 Å². The normalized spacial score (nSPS) is 22.2. The van der Waals surface area contributed by atoms with E-state index in [0.717, 1.165) is 32.5 Å². The fourth-order valence-electron chi connectivity index (χ4n) is 1.69. The molecule has 0 bridgehead atoms. The highest BCUT2D eigenvalue weighted by atomic mass is 16.5. The number of nitrogens with one attached hydrogen (secondary N) is 1. The predicted molar refractivity (Wildman–Crippen MR) is 60.5 cm³/mol. The third-order valence-electron chi connectivity index (χ3n) is 2.79. The monoisotopic (exact) mass is 197 g/mol. The van der Waals surface area contributed by atoms with Gasteiger partial charge in [0.15, 0.2) is 0 Å². The van der Waals surface area contributed by atoms with E-state index in [1.54, 1.807) is 0 Å². The van der Waals surface area contributed by atoms with Gasteiger partial charge in [-0.05, 0) is 38.6 Å². The second kappa shape index (κ2) is 7.02. The highest BCUT2D eigenvalue weighted by Crippen LogP contribution is 2.14. The summed E-state index contributed by atoms with van der Waals surface area (Å²) in [6.45, 7) is 9.10. The Kier molecular flexibility index (Phi) is 5.88. The van der Waals surface area contributed by atoms with Crippen LogP contribution < -0.4 is 5.32 Å². The maximum absolute atomic E-state index is 5.65. The lowest BCUT2D eigenvalue weighted by atomic mass is 10.1. The Hall–Kier alpha value is -0.340. The van der Waals surface area contributed by atoms with Crippen molar-refractivity contribution in [3.05, 3.63) is 12.2 Å². The largest absolute Gasteiger partial charge is 0.378 e. The van der Waals surface area contributed by atoms with Crippen molar-refractivity contribution in [3.63, 3.8) is 0 Å². The van der Waals surface area contributed by atoms with E-state index in [4.69, 9.17) is 4.74 Å². The third-order valence-corrected chi connectivity index (χ3v) is 2.79. The van der Waals surface area contributed by atoms with Gasteiger partial charge in [0.25, 0.3) is 0 Å². The molecular weight excluding hydrogens is 174 g/mol. The molecule has 0 saturated carbocycles. The zero-order valence-electron chi connectivity index (χ0n) is 9.35. The van der Waals surface area contributed by atoms with Crippen LogP contribution in [0.4, 0.5) is 0 Å². The molecule has 0 radical (unpaired) electrons. The fraction of sp³-hybridized carbons (Fsp3) is 0.833. The van der Waals surface area contributed by atoms with Crippen LogP contribution in [0.2, 0.25) is 0 Å². The second-order valence-electron chi connectivity index (χ2n) is 4.06. The van der Waals surface area contributed by atoms with Crippen LogP contribution in [0.3, 0.4) is 0 Å². The summed E-state index contributed by atoms with van der Waals surface area (Å²) in [5, 5.41) is 3.40. The van der Waals surface area contributed by atoms with E-state index in [1.165, 1.54) is 24.8 Å². The van der Waals surface area contributed by atoms with Crippen LogP contribution in [0.5, 0.6) is 0 Å². The molecule has 1 N–H and O–H groups in total. The van der Waals surface area contributed by atoms with Crippen LogP contribution in [-0.4, -0.2) is 25.8 Å². The van der Waals surface area contributed by atoms with Crippen LogP contribution in [0, 0.1) is 0 Å². The average molecular weight is 197 g/mol. The van der Waals surface area contributed by atoms with Crippen LogP contribution >= 0.6 is 0 Å². The van der Waals surface area contributed by atoms with Crippen molar-refractivity contribution in [2.24, 2.45) is 0 Å². The summed E-state index contributed by atoms with van der Waals surface area (Å²) in [7, 11) is 0. The summed E-state index contributed by atoms with van der Waals surface area (Å²) in [6.07, 6.45) is 6.56. The summed E-state index contributed by atoms with van der Waals surface area (Å²) in [5.41, 5.74) is 1.29. The first-order valence-electron chi connectivity index (χ1n) is 5.82. The minimum Gasteiger partial charge on any atom is -0.378 e. The van der Waals surface area contributed by atoms with E-state index in [2.05, 4.69) is 18.8 Å². The van der Waals surface area contributed by atoms with E-state index in [1.807, 2.05) is 0 Å². The van der Waals surface area contributed by atoms with Crippen LogP contribution in [0.25, 0.3) is 0 Å². The summed E-state index contributed by atoms with van der Waals surface area (Å²) in [6, 6.07) is 0. The predicted octanol–water partition coefficient (Wildman–Crippen LogP) is 2.50. The second-order valence-corrected chi connectivity index (χ2v) is 4.06. The van der Waals surface area contributed by atoms with Gasteiger partial charge in [-0.25, -0.2) is 0 Å². The highest BCUT2D eigenvalue weighted by molar-refractivity contribution is 4.94. The number of hydrogen-bond acceptors (Lipinski definition) is 2. The first-order valence-corrected chi connectivity index (χ1v) is 5.82. The molecule has 0 aromatic rings. The van der Waals surface area contributed by atoms with Crippen molar-refractivity contribution in [2.45, 2.75) is 45.1 Å². The molecule has 1 unspecified atom stereocenters. The molecule has 1 aliphatic heterocycles. The number of rotatable bonds is 6. The SMILES string of the molecule is C=C(CC)CNCCC1CCCCO1. The van der Waals surface area contributed by atoms with Crippen LogP contribution in [0.15, 0.2) is 12.2 Å². The molecule has 1 rings (SSSR count). The molecule has 0 amide bonds. The van der Waals surface area contributed by atoms with Crippen molar-refractivity contribution in [2.75, 3.05) is 19.7 Å². The average Bonchev–Trinajstić information content (AvgIpc) is 2.25. The molecule has 82 valence electrons. The molecule has 0 aromatic carbocycles. The van der Waals surface area contributed by atoms with Gasteiger partial charge >= 0.3 is 0 Å². The summed E-state index contributed by atoms with van der Waals surface area (Å²) >= 11 is 0. The lowest BCUT2D eigenvalue weighted by Crippen LogP contribution is -2.26.